The molecule has 0 spiro atoms. The number of carbonyl (C=O) groups is 2. The molecule has 0 bridgehead atoms. The van der Waals surface area contributed by atoms with Crippen LogP contribution in [0.25, 0.3) is 0 Å². The average molecular weight is 535 g/mol. The fraction of sp³-hybridized carbons (Fsp3) is 0.733. The van der Waals surface area contributed by atoms with Crippen LogP contribution in [0.4, 0.5) is 0 Å². The van der Waals surface area contributed by atoms with Crippen molar-refractivity contribution in [1.29, 1.82) is 0 Å². The van der Waals surface area contributed by atoms with Crippen LogP contribution in [-0.2, 0) is 9.59 Å². The van der Waals surface area contributed by atoms with Crippen LogP contribution >= 0.6 is 0 Å². The Morgan fingerprint density at radius 1 is 0.553 bits per heavy atom. The van der Waals surface area contributed by atoms with Gasteiger partial charge in [0.1, 0.15) is 0 Å². The van der Waals surface area contributed by atoms with Gasteiger partial charge in [-0.15, -0.1) is 0 Å². The van der Waals surface area contributed by atoms with Crippen molar-refractivity contribution in [3.8, 4) is 0 Å². The van der Waals surface area contributed by atoms with Crippen molar-refractivity contribution in [2.75, 3.05) is 13.1 Å². The molecule has 8 heteroatoms. The Morgan fingerprint density at radius 3 is 1.00 bits per heavy atom. The van der Waals surface area contributed by atoms with E-state index in [9.17, 15) is 9.59 Å². The summed E-state index contributed by atoms with van der Waals surface area (Å²) in [5.74, 6) is 0.583. The van der Waals surface area contributed by atoms with Crippen molar-refractivity contribution < 1.29 is 9.59 Å². The van der Waals surface area contributed by atoms with Gasteiger partial charge >= 0.3 is 0 Å². The van der Waals surface area contributed by atoms with Gasteiger partial charge in [-0.1, -0.05) is 95.2 Å². The third-order valence-electron chi connectivity index (χ3n) is 5.02. The van der Waals surface area contributed by atoms with E-state index in [0.717, 1.165) is 24.0 Å². The van der Waals surface area contributed by atoms with Crippen LogP contribution in [0.2, 0.25) is 0 Å². The lowest BCUT2D eigenvalue weighted by atomic mass is 9.79. The van der Waals surface area contributed by atoms with E-state index in [1.807, 2.05) is 53.7 Å². The Labute approximate surface area is 232 Å². The minimum absolute atomic E-state index is 0.0862. The topological polar surface area (TPSA) is 163 Å². The number of hydrogen-bond donors (Lipinski definition) is 4. The number of Topliss-reactive ketones (excluding diaryl/α,β-unsaturated/α-hetero) is 2. The molecule has 0 atom stereocenters. The van der Waals surface area contributed by atoms with E-state index >= 15 is 0 Å². The number of ketones is 2. The molecule has 0 radical (unpaired) electrons. The molecule has 38 heavy (non-hydrogen) atoms. The largest absolute Gasteiger partial charge is 0.370 e. The highest BCUT2D eigenvalue weighted by molar-refractivity contribution is 5.99. The maximum Gasteiger partial charge on any atom is 0.185 e. The normalized spacial score (nSPS) is 13.3. The summed E-state index contributed by atoms with van der Waals surface area (Å²) in [5.41, 5.74) is 22.3. The monoisotopic (exact) mass is 534 g/mol. The maximum absolute atomic E-state index is 12.4. The standard InChI is InChI=1S/2C15H29N3O/c2*1-14(2,3)10-11(12(19)15(4,5)6)8-7-9-18-13(16)17/h2*8H,7,9-10H2,1-6H3,(H4,16,17,18)/b11-8+;11-8-. The number of guanidine groups is 2. The third-order valence-corrected chi connectivity index (χ3v) is 5.02. The first kappa shape index (κ1) is 37.5. The van der Waals surface area contributed by atoms with Crippen molar-refractivity contribution in [3.05, 3.63) is 23.3 Å². The number of aliphatic imine (C=N–C) groups is 2. The average Bonchev–Trinajstić information content (AvgIpc) is 2.68. The predicted octanol–water partition coefficient (Wildman–Crippen LogP) is 5.26. The van der Waals surface area contributed by atoms with Crippen LogP contribution in [-0.4, -0.2) is 36.6 Å². The second-order valence-corrected chi connectivity index (χ2v) is 14.3. The summed E-state index contributed by atoms with van der Waals surface area (Å²) in [5, 5.41) is 0. The van der Waals surface area contributed by atoms with Gasteiger partial charge in [-0.05, 0) is 47.7 Å². The molecule has 0 aliphatic rings. The van der Waals surface area contributed by atoms with E-state index in [2.05, 4.69) is 51.5 Å². The molecule has 0 aromatic carbocycles. The molecule has 0 fully saturated rings. The molecule has 0 aliphatic carbocycles. The quantitative estimate of drug-likeness (QED) is 0.129. The highest BCUT2D eigenvalue weighted by atomic mass is 16.1. The lowest BCUT2D eigenvalue weighted by molar-refractivity contribution is -0.123. The minimum Gasteiger partial charge on any atom is -0.370 e. The number of allylic oxidation sites excluding steroid dienone is 2. The van der Waals surface area contributed by atoms with Gasteiger partial charge in [0.05, 0.1) is 0 Å². The summed E-state index contributed by atoms with van der Waals surface area (Å²) >= 11 is 0. The Balaban J connectivity index is 0. The summed E-state index contributed by atoms with van der Waals surface area (Å²) < 4.78 is 0. The second-order valence-electron chi connectivity index (χ2n) is 14.3. The third kappa shape index (κ3) is 20.4. The number of rotatable bonds is 10. The van der Waals surface area contributed by atoms with Gasteiger partial charge in [0, 0.05) is 23.9 Å². The first-order valence-corrected chi connectivity index (χ1v) is 13.5. The lowest BCUT2D eigenvalue weighted by Gasteiger charge is -2.25. The van der Waals surface area contributed by atoms with E-state index in [-0.39, 0.29) is 45.1 Å². The first-order chi connectivity index (χ1) is 16.9. The zero-order chi connectivity index (χ0) is 30.5. The zero-order valence-corrected chi connectivity index (χ0v) is 26.4. The molecule has 0 aliphatic heterocycles. The fourth-order valence-corrected chi connectivity index (χ4v) is 3.46. The Morgan fingerprint density at radius 2 is 0.816 bits per heavy atom. The summed E-state index contributed by atoms with van der Waals surface area (Å²) in [7, 11) is 0. The van der Waals surface area contributed by atoms with Gasteiger partial charge < -0.3 is 22.9 Å². The number of nitrogens with two attached hydrogens (primary N) is 4. The van der Waals surface area contributed by atoms with Gasteiger partial charge in [0.2, 0.25) is 0 Å². The molecule has 0 unspecified atom stereocenters. The fourth-order valence-electron chi connectivity index (χ4n) is 3.46. The van der Waals surface area contributed by atoms with Crippen LogP contribution in [0, 0.1) is 21.7 Å². The molecular formula is C30H58N6O2. The number of carbonyl (C=O) groups excluding carboxylic acids is 2. The SMILES string of the molecule is CC(C)(C)C/C(=C/CCN=C(N)N)C(=O)C(C)(C)C.CC(C)(C)C/C(=C\CCN=C(N)N)C(=O)C(C)(C)C. The Bertz CT molecular complexity index is 802. The highest BCUT2D eigenvalue weighted by Crippen LogP contribution is 2.31. The van der Waals surface area contributed by atoms with Crippen LogP contribution < -0.4 is 22.9 Å². The molecule has 0 amide bonds. The lowest BCUT2D eigenvalue weighted by Crippen LogP contribution is -2.25. The van der Waals surface area contributed by atoms with Crippen LogP contribution in [0.15, 0.2) is 33.3 Å². The van der Waals surface area contributed by atoms with Crippen LogP contribution in [0.5, 0.6) is 0 Å². The summed E-state index contributed by atoms with van der Waals surface area (Å²) in [6, 6.07) is 0. The van der Waals surface area contributed by atoms with E-state index < -0.39 is 0 Å². The molecule has 8 N–H and O–H groups in total. The first-order valence-electron chi connectivity index (χ1n) is 13.5. The van der Waals surface area contributed by atoms with Crippen LogP contribution in [0.1, 0.15) is 109 Å². The molecule has 0 heterocycles. The summed E-state index contributed by atoms with van der Waals surface area (Å²) in [6.07, 6.45) is 6.86. The van der Waals surface area contributed by atoms with Gasteiger partial charge in [-0.2, -0.15) is 0 Å². The van der Waals surface area contributed by atoms with Crippen molar-refractivity contribution in [2.24, 2.45) is 54.6 Å². The summed E-state index contributed by atoms with van der Waals surface area (Å²) in [6.45, 7) is 25.5. The van der Waals surface area contributed by atoms with Crippen molar-refractivity contribution in [1.82, 2.24) is 0 Å². The second kappa shape index (κ2) is 15.7. The zero-order valence-electron chi connectivity index (χ0n) is 26.4. The van der Waals surface area contributed by atoms with Crippen molar-refractivity contribution >= 4 is 23.5 Å². The van der Waals surface area contributed by atoms with E-state index in [4.69, 9.17) is 22.9 Å². The Hall–Kier alpha value is -2.64. The van der Waals surface area contributed by atoms with E-state index in [1.54, 1.807) is 0 Å². The summed E-state index contributed by atoms with van der Waals surface area (Å²) in [4.78, 5) is 32.7. The molecule has 0 saturated carbocycles. The van der Waals surface area contributed by atoms with Gasteiger partial charge in [0.15, 0.2) is 23.5 Å². The predicted molar refractivity (Wildman–Crippen MR) is 164 cm³/mol. The molecule has 220 valence electrons. The molecule has 0 aromatic rings. The van der Waals surface area contributed by atoms with Gasteiger partial charge in [-0.3, -0.25) is 19.6 Å². The smallest absolute Gasteiger partial charge is 0.185 e. The van der Waals surface area contributed by atoms with Crippen molar-refractivity contribution in [3.63, 3.8) is 0 Å². The highest BCUT2D eigenvalue weighted by Gasteiger charge is 2.28. The molecule has 0 saturated heterocycles. The molecule has 0 aromatic heterocycles. The van der Waals surface area contributed by atoms with E-state index in [1.165, 1.54) is 0 Å². The molecule has 8 nitrogen and oxygen atoms in total. The molecular weight excluding hydrogens is 476 g/mol. The van der Waals surface area contributed by atoms with Gasteiger partial charge in [-0.25, -0.2) is 0 Å². The van der Waals surface area contributed by atoms with Crippen molar-refractivity contribution in [2.45, 2.75) is 109 Å². The minimum atomic E-state index is -0.354. The van der Waals surface area contributed by atoms with E-state index in [0.29, 0.717) is 25.9 Å². The molecule has 0 rings (SSSR count). The number of hydrogen-bond acceptors (Lipinski definition) is 4. The number of nitrogens with zero attached hydrogens (tertiary/aromatic N) is 2. The Kier molecular flexibility index (Phi) is 15.5. The van der Waals surface area contributed by atoms with Gasteiger partial charge in [0.25, 0.3) is 0 Å². The van der Waals surface area contributed by atoms with Crippen LogP contribution in [0.3, 0.4) is 0 Å². The maximum atomic E-state index is 12.4.